The summed E-state index contributed by atoms with van der Waals surface area (Å²) in [5.41, 5.74) is -2.44. The molecule has 0 fully saturated rings. The summed E-state index contributed by atoms with van der Waals surface area (Å²) in [5.74, 6) is -0.234. The number of benzene rings is 1. The van der Waals surface area contributed by atoms with Gasteiger partial charge in [-0.05, 0) is 31.3 Å². The second-order valence-electron chi connectivity index (χ2n) is 5.96. The third-order valence-electron chi connectivity index (χ3n) is 4.21. The van der Waals surface area contributed by atoms with Crippen LogP contribution in [0.15, 0.2) is 26.5 Å². The minimum Gasteiger partial charge on any atom is -0.434 e. The second kappa shape index (κ2) is 7.20. The number of nitrogens with zero attached hydrogens (tertiary/aromatic N) is 4. The van der Waals surface area contributed by atoms with Crippen molar-refractivity contribution in [3.63, 3.8) is 0 Å². The highest BCUT2D eigenvalue weighted by Gasteiger charge is 2.23. The zero-order valence-corrected chi connectivity index (χ0v) is 15.8. The standard InChI is InChI=1S/C17H10Cl2N6O4/c18-10-4-7(25-17(28)21-15(27)12(6-20)24-25)5-11(19)13(10)29-16-9-3-1-2-8(9)14(26)22-23-16/h4-5H,1-3H2,(H,22,26)(H,21,27,28)/i4D,5D. The number of ether oxygens (including phenoxy) is 1. The summed E-state index contributed by atoms with van der Waals surface area (Å²) in [5, 5.41) is 18.0. The van der Waals surface area contributed by atoms with Gasteiger partial charge in [-0.25, -0.2) is 9.89 Å². The Hall–Kier alpha value is -3.42. The molecule has 0 saturated carbocycles. The third kappa shape index (κ3) is 3.30. The van der Waals surface area contributed by atoms with Gasteiger partial charge in [0.1, 0.15) is 6.07 Å². The topological polar surface area (TPSA) is 147 Å². The number of nitrogens with one attached hydrogen (secondary N) is 2. The molecule has 0 amide bonds. The summed E-state index contributed by atoms with van der Waals surface area (Å²) >= 11 is 12.5. The molecule has 2 heterocycles. The van der Waals surface area contributed by atoms with Gasteiger partial charge in [0.2, 0.25) is 11.6 Å². The third-order valence-corrected chi connectivity index (χ3v) is 4.74. The van der Waals surface area contributed by atoms with Crippen molar-refractivity contribution >= 4 is 23.2 Å². The lowest BCUT2D eigenvalue weighted by atomic mass is 10.2. The van der Waals surface area contributed by atoms with Crippen LogP contribution in [0.2, 0.25) is 10.0 Å². The summed E-state index contributed by atoms with van der Waals surface area (Å²) < 4.78 is 22.8. The van der Waals surface area contributed by atoms with Crippen molar-refractivity contribution in [2.45, 2.75) is 19.3 Å². The van der Waals surface area contributed by atoms with Gasteiger partial charge in [-0.1, -0.05) is 23.2 Å². The van der Waals surface area contributed by atoms with Crippen LogP contribution in [-0.2, 0) is 12.8 Å². The maximum Gasteiger partial charge on any atom is 0.349 e. The number of aromatic amines is 2. The molecule has 2 N–H and O–H groups in total. The predicted octanol–water partition coefficient (Wildman–Crippen LogP) is 1.46. The lowest BCUT2D eigenvalue weighted by Gasteiger charge is -2.13. The highest BCUT2D eigenvalue weighted by atomic mass is 35.5. The summed E-state index contributed by atoms with van der Waals surface area (Å²) in [6.45, 7) is 0. The second-order valence-corrected chi connectivity index (χ2v) is 6.71. The number of hydrogen-bond acceptors (Lipinski definition) is 7. The molecule has 0 aliphatic heterocycles. The van der Waals surface area contributed by atoms with Gasteiger partial charge in [0.05, 0.1) is 18.5 Å². The molecule has 29 heavy (non-hydrogen) atoms. The van der Waals surface area contributed by atoms with E-state index in [4.69, 9.17) is 35.9 Å². The van der Waals surface area contributed by atoms with Crippen LogP contribution >= 0.6 is 23.2 Å². The van der Waals surface area contributed by atoms with Crippen molar-refractivity contribution in [2.75, 3.05) is 0 Å². The number of H-pyrrole nitrogens is 2. The Morgan fingerprint density at radius 1 is 1.17 bits per heavy atom. The molecule has 0 spiro atoms. The maximum absolute atomic E-state index is 12.2. The van der Waals surface area contributed by atoms with Crippen LogP contribution in [0, 0.1) is 11.3 Å². The van der Waals surface area contributed by atoms with Gasteiger partial charge < -0.3 is 4.74 Å². The Bertz CT molecular complexity index is 1440. The lowest BCUT2D eigenvalue weighted by Crippen LogP contribution is -2.33. The largest absolute Gasteiger partial charge is 0.434 e. The first kappa shape index (κ1) is 16.5. The molecule has 0 bridgehead atoms. The maximum atomic E-state index is 12.2. The van der Waals surface area contributed by atoms with Crippen molar-refractivity contribution in [3.05, 3.63) is 70.1 Å². The van der Waals surface area contributed by atoms with E-state index in [-0.39, 0.29) is 27.2 Å². The van der Waals surface area contributed by atoms with Crippen molar-refractivity contribution in [1.29, 1.82) is 5.26 Å². The molecule has 0 atom stereocenters. The molecule has 4 rings (SSSR count). The van der Waals surface area contributed by atoms with E-state index in [0.717, 1.165) is 6.42 Å². The summed E-state index contributed by atoms with van der Waals surface area (Å²) in [4.78, 5) is 37.5. The number of rotatable bonds is 3. The van der Waals surface area contributed by atoms with Crippen LogP contribution in [0.25, 0.3) is 5.69 Å². The molecule has 1 aliphatic carbocycles. The minimum atomic E-state index is -1.09. The van der Waals surface area contributed by atoms with Gasteiger partial charge in [0.25, 0.3) is 11.1 Å². The fourth-order valence-corrected chi connectivity index (χ4v) is 3.41. The van der Waals surface area contributed by atoms with Crippen LogP contribution in [0.5, 0.6) is 11.6 Å². The highest BCUT2D eigenvalue weighted by Crippen LogP contribution is 2.39. The van der Waals surface area contributed by atoms with Crippen LogP contribution in [0.3, 0.4) is 0 Å². The van der Waals surface area contributed by atoms with E-state index >= 15 is 0 Å². The van der Waals surface area contributed by atoms with Crippen LogP contribution in [0.4, 0.5) is 0 Å². The summed E-state index contributed by atoms with van der Waals surface area (Å²) in [6.07, 6.45) is 1.83. The molecule has 3 aromatic rings. The molecule has 0 saturated heterocycles. The molecule has 10 nitrogen and oxygen atoms in total. The number of fused-ring (bicyclic) bond motifs is 1. The number of hydrogen-bond donors (Lipinski definition) is 2. The highest BCUT2D eigenvalue weighted by molar-refractivity contribution is 6.37. The average molecular weight is 435 g/mol. The Morgan fingerprint density at radius 2 is 1.86 bits per heavy atom. The van der Waals surface area contributed by atoms with E-state index in [0.29, 0.717) is 28.7 Å². The monoisotopic (exact) mass is 434 g/mol. The van der Waals surface area contributed by atoms with Crippen LogP contribution < -0.4 is 21.5 Å². The van der Waals surface area contributed by atoms with Gasteiger partial charge in [0.15, 0.2) is 5.75 Å². The molecule has 0 unspecified atom stereocenters. The quantitative estimate of drug-likeness (QED) is 0.633. The number of nitriles is 1. The van der Waals surface area contributed by atoms with E-state index in [9.17, 15) is 14.4 Å². The summed E-state index contributed by atoms with van der Waals surface area (Å²) in [6, 6.07) is 0.393. The Kier molecular flexibility index (Phi) is 4.10. The fraction of sp³-hybridized carbons (Fsp3) is 0.176. The predicted molar refractivity (Wildman–Crippen MR) is 102 cm³/mol. The van der Waals surface area contributed by atoms with Crippen molar-refractivity contribution in [1.82, 2.24) is 25.0 Å². The van der Waals surface area contributed by atoms with Crippen molar-refractivity contribution in [2.24, 2.45) is 0 Å². The fourth-order valence-electron chi connectivity index (χ4n) is 2.92. The number of halogens is 2. The van der Waals surface area contributed by atoms with Gasteiger partial charge in [-0.2, -0.15) is 9.94 Å². The molecular formula is C17H10Cl2N6O4. The molecule has 1 aromatic carbocycles. The van der Waals surface area contributed by atoms with Gasteiger partial charge in [0, 0.05) is 11.1 Å². The molecular weight excluding hydrogens is 423 g/mol. The van der Waals surface area contributed by atoms with Gasteiger partial charge in [-0.3, -0.25) is 14.6 Å². The van der Waals surface area contributed by atoms with Crippen molar-refractivity contribution in [3.8, 4) is 23.4 Å². The van der Waals surface area contributed by atoms with Crippen LogP contribution in [0.1, 0.15) is 26.0 Å². The first-order valence-electron chi connectivity index (χ1n) is 9.15. The van der Waals surface area contributed by atoms with E-state index in [2.05, 4.69) is 15.3 Å². The summed E-state index contributed by atoms with van der Waals surface area (Å²) in [7, 11) is 0. The van der Waals surface area contributed by atoms with Crippen LogP contribution in [-0.4, -0.2) is 25.0 Å². The Labute approximate surface area is 174 Å². The van der Waals surface area contributed by atoms with E-state index in [1.807, 2.05) is 4.98 Å². The SMILES string of the molecule is [2H]c1c(Cl)c(Oc2n[nH]c(=O)c3c2CCC3)c(Cl)c([2H])c1-n1nc(C#N)c(=O)[nH]c1=O. The molecule has 146 valence electrons. The Balaban J connectivity index is 1.90. The Morgan fingerprint density at radius 3 is 2.55 bits per heavy atom. The zero-order chi connectivity index (χ0) is 22.4. The first-order valence-corrected chi connectivity index (χ1v) is 8.90. The molecule has 1 aliphatic rings. The zero-order valence-electron chi connectivity index (χ0n) is 16.3. The first-order chi connectivity index (χ1) is 14.7. The van der Waals surface area contributed by atoms with E-state index in [1.165, 1.54) is 6.07 Å². The van der Waals surface area contributed by atoms with E-state index in [1.54, 1.807) is 0 Å². The van der Waals surface area contributed by atoms with Gasteiger partial charge in [-0.15, -0.1) is 10.2 Å². The van der Waals surface area contributed by atoms with Crippen molar-refractivity contribution < 1.29 is 7.48 Å². The van der Waals surface area contributed by atoms with Gasteiger partial charge >= 0.3 is 5.69 Å². The smallest absolute Gasteiger partial charge is 0.349 e. The molecule has 2 aromatic heterocycles. The van der Waals surface area contributed by atoms with E-state index < -0.39 is 34.7 Å². The lowest BCUT2D eigenvalue weighted by molar-refractivity contribution is 0.448. The molecule has 0 radical (unpaired) electrons. The normalized spacial score (nSPS) is 13.4. The molecule has 12 heteroatoms. The minimum absolute atomic E-state index is 0.0357. The average Bonchev–Trinajstić information content (AvgIpc) is 3.24. The number of aromatic nitrogens is 5.